The van der Waals surface area contributed by atoms with E-state index in [4.69, 9.17) is 11.6 Å². The van der Waals surface area contributed by atoms with Crippen LogP contribution in [0.3, 0.4) is 0 Å². The highest BCUT2D eigenvalue weighted by atomic mass is 35.5. The lowest BCUT2D eigenvalue weighted by Gasteiger charge is -2.34. The first-order valence-electron chi connectivity index (χ1n) is 10.6. The van der Waals surface area contributed by atoms with Gasteiger partial charge in [0.05, 0.1) is 12.5 Å². The van der Waals surface area contributed by atoms with E-state index in [2.05, 4.69) is 0 Å². The topological polar surface area (TPSA) is 43.9 Å². The van der Waals surface area contributed by atoms with Gasteiger partial charge in [-0.05, 0) is 48.1 Å². The molecule has 0 bridgehead atoms. The fraction of sp³-hybridized carbons (Fsp3) is 0.417. The highest BCUT2D eigenvalue weighted by molar-refractivity contribution is 6.31. The van der Waals surface area contributed by atoms with Gasteiger partial charge in [-0.3, -0.25) is 9.59 Å². The minimum Gasteiger partial charge on any atom is -0.361 e. The quantitative estimate of drug-likeness (QED) is 0.720. The van der Waals surface area contributed by atoms with Gasteiger partial charge in [-0.2, -0.15) is 0 Å². The van der Waals surface area contributed by atoms with Crippen LogP contribution in [0.2, 0.25) is 5.02 Å². The lowest BCUT2D eigenvalue weighted by Crippen LogP contribution is -2.42. The van der Waals surface area contributed by atoms with E-state index in [1.54, 1.807) is 31.1 Å². The van der Waals surface area contributed by atoms with Gasteiger partial charge < -0.3 is 14.7 Å². The molecule has 0 aliphatic carbocycles. The first kappa shape index (κ1) is 21.6. The summed E-state index contributed by atoms with van der Waals surface area (Å²) in [5.74, 6) is -0.323. The Hall–Kier alpha value is -2.60. The number of hydrogen-bond acceptors (Lipinski definition) is 3. The fourth-order valence-electron chi connectivity index (χ4n) is 4.61. The third-order valence-electron chi connectivity index (χ3n) is 6.39. The smallest absolute Gasteiger partial charge is 0.241 e. The van der Waals surface area contributed by atoms with Crippen molar-refractivity contribution in [1.29, 1.82) is 0 Å². The molecule has 5 nitrogen and oxygen atoms in total. The van der Waals surface area contributed by atoms with E-state index in [9.17, 15) is 14.0 Å². The number of likely N-dealkylation sites (N-methyl/N-ethyl adjacent to an activating group) is 1. The molecule has 2 aliphatic heterocycles. The molecular weight excluding hydrogens is 417 g/mol. The Morgan fingerprint density at radius 3 is 2.48 bits per heavy atom. The van der Waals surface area contributed by atoms with Crippen molar-refractivity contribution in [3.05, 3.63) is 64.4 Å². The molecule has 0 spiro atoms. The molecule has 2 heterocycles. The zero-order chi connectivity index (χ0) is 22.1. The molecule has 1 saturated heterocycles. The average molecular weight is 444 g/mol. The van der Waals surface area contributed by atoms with Gasteiger partial charge in [0.25, 0.3) is 0 Å². The molecule has 1 unspecified atom stereocenters. The van der Waals surface area contributed by atoms with E-state index < -0.39 is 0 Å². The molecule has 31 heavy (non-hydrogen) atoms. The van der Waals surface area contributed by atoms with E-state index in [0.29, 0.717) is 24.7 Å². The van der Waals surface area contributed by atoms with Gasteiger partial charge >= 0.3 is 0 Å². The molecule has 0 saturated carbocycles. The molecule has 2 aromatic rings. The van der Waals surface area contributed by atoms with Crippen molar-refractivity contribution in [3.8, 4) is 0 Å². The summed E-state index contributed by atoms with van der Waals surface area (Å²) >= 11 is 6.20. The van der Waals surface area contributed by atoms with Gasteiger partial charge in [0, 0.05) is 44.4 Å². The van der Waals surface area contributed by atoms with Crippen LogP contribution in [-0.4, -0.2) is 61.9 Å². The first-order chi connectivity index (χ1) is 14.8. The van der Waals surface area contributed by atoms with Crippen LogP contribution in [0.15, 0.2) is 42.5 Å². The molecule has 164 valence electrons. The summed E-state index contributed by atoms with van der Waals surface area (Å²) < 4.78 is 14.1. The normalized spacial score (nSPS) is 18.8. The lowest BCUT2D eigenvalue weighted by molar-refractivity contribution is -0.133. The average Bonchev–Trinajstić information content (AvgIpc) is 3.11. The number of halogens is 2. The van der Waals surface area contributed by atoms with Gasteiger partial charge in [0.1, 0.15) is 5.82 Å². The molecule has 1 fully saturated rings. The van der Waals surface area contributed by atoms with Gasteiger partial charge in [-0.25, -0.2) is 4.39 Å². The van der Waals surface area contributed by atoms with Crippen LogP contribution in [0.4, 0.5) is 10.1 Å². The van der Waals surface area contributed by atoms with Crippen LogP contribution in [0.25, 0.3) is 0 Å². The van der Waals surface area contributed by atoms with Crippen molar-refractivity contribution in [3.63, 3.8) is 0 Å². The van der Waals surface area contributed by atoms with Crippen molar-refractivity contribution in [2.24, 2.45) is 0 Å². The summed E-state index contributed by atoms with van der Waals surface area (Å²) in [7, 11) is 3.44. The van der Waals surface area contributed by atoms with Gasteiger partial charge in [0.15, 0.2) is 0 Å². The molecular formula is C24H27ClFN3O2. The molecule has 0 aromatic heterocycles. The number of carbonyl (C=O) groups is 2. The number of amides is 2. The first-order valence-corrected chi connectivity index (χ1v) is 11.0. The monoisotopic (exact) mass is 443 g/mol. The minimum atomic E-state index is -0.327. The van der Waals surface area contributed by atoms with Crippen molar-refractivity contribution in [2.45, 2.75) is 24.7 Å². The second kappa shape index (κ2) is 8.87. The Morgan fingerprint density at radius 2 is 1.81 bits per heavy atom. The number of carbonyl (C=O) groups excluding carboxylic acids is 2. The highest BCUT2D eigenvalue weighted by Gasteiger charge is 2.38. The van der Waals surface area contributed by atoms with Crippen molar-refractivity contribution >= 4 is 29.1 Å². The maximum absolute atomic E-state index is 14.1. The molecule has 2 aromatic carbocycles. The second-order valence-electron chi connectivity index (χ2n) is 8.55. The summed E-state index contributed by atoms with van der Waals surface area (Å²) in [6, 6.07) is 12.4. The Labute approximate surface area is 187 Å². The summed E-state index contributed by atoms with van der Waals surface area (Å²) in [6.45, 7) is 1.88. The Balaban J connectivity index is 1.48. The molecule has 7 heteroatoms. The third kappa shape index (κ3) is 4.40. The second-order valence-corrected chi connectivity index (χ2v) is 8.98. The van der Waals surface area contributed by atoms with Crippen molar-refractivity contribution in [2.75, 3.05) is 45.2 Å². The minimum absolute atomic E-state index is 0.0234. The number of hydrogen-bond donors (Lipinski definition) is 0. The fourth-order valence-corrected chi connectivity index (χ4v) is 4.77. The Morgan fingerprint density at radius 1 is 1.10 bits per heavy atom. The van der Waals surface area contributed by atoms with E-state index in [1.165, 1.54) is 6.07 Å². The van der Waals surface area contributed by atoms with Crippen LogP contribution in [0, 0.1) is 5.82 Å². The lowest BCUT2D eigenvalue weighted by atomic mass is 9.88. The highest BCUT2D eigenvalue weighted by Crippen LogP contribution is 2.40. The van der Waals surface area contributed by atoms with Gasteiger partial charge in [0.2, 0.25) is 11.8 Å². The number of likely N-dealkylation sites (tertiary alicyclic amines) is 1. The zero-order valence-electron chi connectivity index (χ0n) is 17.9. The molecule has 0 radical (unpaired) electrons. The zero-order valence-corrected chi connectivity index (χ0v) is 18.6. The van der Waals surface area contributed by atoms with Crippen LogP contribution in [-0.2, 0) is 9.59 Å². The standard InChI is InChI=1S/C24H27ClFN3O2/c1-27(2)23(30)15-29-14-20(19-8-7-17(25)13-22(19)29)24(31)28-11-9-16(10-12-28)18-5-3-4-6-21(18)26/h3-8,13,16,20H,9-12,14-15H2,1-2H3. The number of piperidine rings is 1. The van der Waals surface area contributed by atoms with Gasteiger partial charge in [-0.15, -0.1) is 0 Å². The van der Waals surface area contributed by atoms with Crippen molar-refractivity contribution in [1.82, 2.24) is 9.80 Å². The van der Waals surface area contributed by atoms with Crippen LogP contribution in [0.5, 0.6) is 0 Å². The van der Waals surface area contributed by atoms with Crippen LogP contribution in [0.1, 0.15) is 35.8 Å². The summed E-state index contributed by atoms with van der Waals surface area (Å²) in [5.41, 5.74) is 2.50. The maximum atomic E-state index is 14.1. The Kier molecular flexibility index (Phi) is 6.19. The van der Waals surface area contributed by atoms with Gasteiger partial charge in [-0.1, -0.05) is 35.9 Å². The van der Waals surface area contributed by atoms with E-state index in [-0.39, 0.29) is 36.0 Å². The third-order valence-corrected chi connectivity index (χ3v) is 6.62. The number of benzene rings is 2. The summed E-state index contributed by atoms with van der Waals surface area (Å²) in [5, 5.41) is 0.583. The molecule has 0 N–H and O–H groups in total. The van der Waals surface area contributed by atoms with Crippen molar-refractivity contribution < 1.29 is 14.0 Å². The predicted octanol–water partition coefficient (Wildman–Crippen LogP) is 3.88. The number of fused-ring (bicyclic) bond motifs is 1. The van der Waals surface area contributed by atoms with E-state index in [0.717, 1.165) is 29.7 Å². The molecule has 4 rings (SSSR count). The number of anilines is 1. The SMILES string of the molecule is CN(C)C(=O)CN1CC(C(=O)N2CCC(c3ccccc3F)CC2)c2ccc(Cl)cc21. The van der Waals surface area contributed by atoms with Crippen LogP contribution >= 0.6 is 11.6 Å². The molecule has 2 amide bonds. The largest absolute Gasteiger partial charge is 0.361 e. The maximum Gasteiger partial charge on any atom is 0.241 e. The molecule has 2 aliphatic rings. The molecule has 1 atom stereocenters. The van der Waals surface area contributed by atoms with E-state index in [1.807, 2.05) is 34.1 Å². The van der Waals surface area contributed by atoms with E-state index >= 15 is 0 Å². The Bertz CT molecular complexity index is 989. The number of rotatable bonds is 4. The van der Waals surface area contributed by atoms with Crippen LogP contribution < -0.4 is 4.90 Å². The summed E-state index contributed by atoms with van der Waals surface area (Å²) in [4.78, 5) is 31.1. The number of nitrogens with zero attached hydrogens (tertiary/aromatic N) is 3. The predicted molar refractivity (Wildman–Crippen MR) is 120 cm³/mol. The summed E-state index contributed by atoms with van der Waals surface area (Å²) in [6.07, 6.45) is 1.49.